The number of hydrogen-bond donors (Lipinski definition) is 3. The number of nitrogens with one attached hydrogen (secondary N) is 2. The molecule has 3 aromatic heterocycles. The first kappa shape index (κ1) is 17.6. The average molecular weight is 380 g/mol. The summed E-state index contributed by atoms with van der Waals surface area (Å²) in [6, 6.07) is 9.26. The standard InChI is InChI=1S/C19H20N6OS/c1-12-13(5-3-8-20-12)17(26)15-7-2-6-14(23-15)16-11-27-19(24-16)25-18-21-9-4-10-22-18/h2-3,5-8,11,17,26H,4,9-10H2,1H3,(H2,21,22,24,25). The summed E-state index contributed by atoms with van der Waals surface area (Å²) in [7, 11) is 0. The molecule has 0 radical (unpaired) electrons. The molecule has 0 amide bonds. The van der Waals surface area contributed by atoms with Crippen molar-refractivity contribution in [2.24, 2.45) is 4.99 Å². The lowest BCUT2D eigenvalue weighted by Gasteiger charge is -2.14. The number of nitrogens with zero attached hydrogens (tertiary/aromatic N) is 4. The van der Waals surface area contributed by atoms with Crippen LogP contribution in [0.2, 0.25) is 0 Å². The van der Waals surface area contributed by atoms with E-state index in [-0.39, 0.29) is 0 Å². The number of aliphatic imine (C=N–C) groups is 1. The molecule has 7 nitrogen and oxygen atoms in total. The molecule has 1 aliphatic heterocycles. The zero-order valence-corrected chi connectivity index (χ0v) is 15.7. The minimum Gasteiger partial charge on any atom is -0.382 e. The minimum absolute atomic E-state index is 0.574. The SMILES string of the molecule is Cc1ncccc1C(O)c1cccc(-c2csc(NC3=NCCCN3)n2)n1. The van der Waals surface area contributed by atoms with Crippen molar-refractivity contribution >= 4 is 22.4 Å². The molecular weight excluding hydrogens is 360 g/mol. The molecule has 0 aromatic carbocycles. The molecule has 8 heteroatoms. The van der Waals surface area contributed by atoms with Crippen LogP contribution in [0.1, 0.15) is 29.5 Å². The summed E-state index contributed by atoms with van der Waals surface area (Å²) in [5, 5.41) is 19.8. The quantitative estimate of drug-likeness (QED) is 0.644. The summed E-state index contributed by atoms with van der Waals surface area (Å²) in [6.07, 6.45) is 1.93. The molecular formula is C19H20N6OS. The number of anilines is 1. The van der Waals surface area contributed by atoms with Crippen molar-refractivity contribution in [1.29, 1.82) is 0 Å². The van der Waals surface area contributed by atoms with E-state index < -0.39 is 6.10 Å². The molecule has 1 atom stereocenters. The van der Waals surface area contributed by atoms with Gasteiger partial charge in [0.1, 0.15) is 11.8 Å². The Morgan fingerprint density at radius 1 is 1.19 bits per heavy atom. The molecule has 4 rings (SSSR count). The monoisotopic (exact) mass is 380 g/mol. The van der Waals surface area contributed by atoms with Crippen LogP contribution in [0.5, 0.6) is 0 Å². The van der Waals surface area contributed by atoms with Gasteiger partial charge in [-0.25, -0.2) is 9.97 Å². The van der Waals surface area contributed by atoms with Gasteiger partial charge >= 0.3 is 0 Å². The lowest BCUT2D eigenvalue weighted by atomic mass is 10.0. The third-order valence-electron chi connectivity index (χ3n) is 4.28. The van der Waals surface area contributed by atoms with E-state index in [4.69, 9.17) is 0 Å². The summed E-state index contributed by atoms with van der Waals surface area (Å²) in [4.78, 5) is 17.8. The van der Waals surface area contributed by atoms with Gasteiger partial charge < -0.3 is 15.7 Å². The van der Waals surface area contributed by atoms with Crippen molar-refractivity contribution in [3.05, 3.63) is 58.9 Å². The molecule has 3 aromatic rings. The second-order valence-electron chi connectivity index (χ2n) is 6.20. The molecule has 1 aliphatic rings. The number of thiazole rings is 1. The highest BCUT2D eigenvalue weighted by molar-refractivity contribution is 7.14. The van der Waals surface area contributed by atoms with E-state index in [1.165, 1.54) is 11.3 Å². The first-order valence-electron chi connectivity index (χ1n) is 8.78. The van der Waals surface area contributed by atoms with Crippen molar-refractivity contribution in [3.8, 4) is 11.4 Å². The first-order valence-corrected chi connectivity index (χ1v) is 9.66. The normalized spacial score (nSPS) is 15.0. The zero-order valence-electron chi connectivity index (χ0n) is 14.9. The van der Waals surface area contributed by atoms with Crippen LogP contribution in [0, 0.1) is 6.92 Å². The van der Waals surface area contributed by atoms with E-state index in [9.17, 15) is 5.11 Å². The molecule has 0 saturated heterocycles. The molecule has 138 valence electrons. The topological polar surface area (TPSA) is 95.3 Å². The van der Waals surface area contributed by atoms with Crippen molar-refractivity contribution in [2.45, 2.75) is 19.4 Å². The zero-order chi connectivity index (χ0) is 18.6. The van der Waals surface area contributed by atoms with Gasteiger partial charge in [-0.05, 0) is 31.5 Å². The van der Waals surface area contributed by atoms with E-state index in [0.717, 1.165) is 53.2 Å². The second kappa shape index (κ2) is 7.81. The summed E-state index contributed by atoms with van der Waals surface area (Å²) in [6.45, 7) is 3.62. The lowest BCUT2D eigenvalue weighted by Crippen LogP contribution is -2.35. The molecule has 0 aliphatic carbocycles. The van der Waals surface area contributed by atoms with Crippen molar-refractivity contribution in [2.75, 3.05) is 18.4 Å². The highest BCUT2D eigenvalue weighted by atomic mass is 32.1. The van der Waals surface area contributed by atoms with Gasteiger partial charge in [0.2, 0.25) is 0 Å². The fourth-order valence-corrected chi connectivity index (χ4v) is 3.56. The van der Waals surface area contributed by atoms with E-state index in [2.05, 4.69) is 30.6 Å². The molecule has 3 N–H and O–H groups in total. The van der Waals surface area contributed by atoms with Gasteiger partial charge in [-0.2, -0.15) is 0 Å². The van der Waals surface area contributed by atoms with Gasteiger partial charge in [0, 0.05) is 35.9 Å². The highest BCUT2D eigenvalue weighted by Crippen LogP contribution is 2.27. The van der Waals surface area contributed by atoms with Crippen molar-refractivity contribution in [3.63, 3.8) is 0 Å². The number of hydrogen-bond acceptors (Lipinski definition) is 8. The van der Waals surface area contributed by atoms with Crippen LogP contribution in [0.3, 0.4) is 0 Å². The predicted molar refractivity (Wildman–Crippen MR) is 107 cm³/mol. The van der Waals surface area contributed by atoms with Crippen molar-refractivity contribution in [1.82, 2.24) is 20.3 Å². The van der Waals surface area contributed by atoms with Gasteiger partial charge in [0.05, 0.1) is 11.4 Å². The van der Waals surface area contributed by atoms with Gasteiger partial charge in [0.15, 0.2) is 11.1 Å². The van der Waals surface area contributed by atoms with Crippen LogP contribution in [0.25, 0.3) is 11.4 Å². The Bertz CT molecular complexity index is 970. The summed E-state index contributed by atoms with van der Waals surface area (Å²) in [5.74, 6) is 0.756. The highest BCUT2D eigenvalue weighted by Gasteiger charge is 2.16. The Morgan fingerprint density at radius 2 is 2.11 bits per heavy atom. The second-order valence-corrected chi connectivity index (χ2v) is 7.06. The number of aliphatic hydroxyl groups excluding tert-OH is 1. The minimum atomic E-state index is -0.823. The smallest absolute Gasteiger partial charge is 0.197 e. The maximum absolute atomic E-state index is 10.7. The lowest BCUT2D eigenvalue weighted by molar-refractivity contribution is 0.214. The van der Waals surface area contributed by atoms with E-state index in [1.807, 2.05) is 42.6 Å². The molecule has 4 heterocycles. The third kappa shape index (κ3) is 3.96. The van der Waals surface area contributed by atoms with Crippen LogP contribution < -0.4 is 10.6 Å². The molecule has 27 heavy (non-hydrogen) atoms. The van der Waals surface area contributed by atoms with E-state index in [1.54, 1.807) is 6.20 Å². The molecule has 0 saturated carbocycles. The van der Waals surface area contributed by atoms with Crippen LogP contribution >= 0.6 is 11.3 Å². The van der Waals surface area contributed by atoms with Crippen LogP contribution in [0.15, 0.2) is 46.9 Å². The number of pyridine rings is 2. The summed E-state index contributed by atoms with van der Waals surface area (Å²) < 4.78 is 0. The maximum atomic E-state index is 10.7. The van der Waals surface area contributed by atoms with Crippen molar-refractivity contribution < 1.29 is 5.11 Å². The van der Waals surface area contributed by atoms with Crippen LogP contribution in [0.4, 0.5) is 5.13 Å². The predicted octanol–water partition coefficient (Wildman–Crippen LogP) is 2.75. The van der Waals surface area contributed by atoms with Crippen LogP contribution in [-0.4, -0.2) is 39.1 Å². The number of aromatic nitrogens is 3. The Morgan fingerprint density at radius 3 is 2.93 bits per heavy atom. The van der Waals surface area contributed by atoms with Gasteiger partial charge in [-0.15, -0.1) is 11.3 Å². The van der Waals surface area contributed by atoms with Gasteiger partial charge in [-0.3, -0.25) is 9.98 Å². The maximum Gasteiger partial charge on any atom is 0.197 e. The molecule has 0 spiro atoms. The van der Waals surface area contributed by atoms with E-state index in [0.29, 0.717) is 5.69 Å². The Hall–Kier alpha value is -2.84. The molecule has 0 bridgehead atoms. The van der Waals surface area contributed by atoms with Gasteiger partial charge in [0.25, 0.3) is 0 Å². The Labute approximate surface area is 161 Å². The number of rotatable bonds is 4. The van der Waals surface area contributed by atoms with Gasteiger partial charge in [-0.1, -0.05) is 12.1 Å². The van der Waals surface area contributed by atoms with Crippen LogP contribution in [-0.2, 0) is 0 Å². The summed E-state index contributed by atoms with van der Waals surface area (Å²) in [5.41, 5.74) is 3.60. The number of aliphatic hydroxyl groups is 1. The Kier molecular flexibility index (Phi) is 5.08. The average Bonchev–Trinajstić information content (AvgIpc) is 3.17. The fraction of sp³-hybridized carbons (Fsp3) is 0.263. The number of guanidine groups is 1. The largest absolute Gasteiger partial charge is 0.382 e. The molecule has 0 fully saturated rings. The first-order chi connectivity index (χ1) is 13.2. The number of aryl methyl sites for hydroxylation is 1. The Balaban J connectivity index is 1.56. The van der Waals surface area contributed by atoms with E-state index >= 15 is 0 Å². The summed E-state index contributed by atoms with van der Waals surface area (Å²) >= 11 is 1.50. The molecule has 1 unspecified atom stereocenters. The fourth-order valence-electron chi connectivity index (χ4n) is 2.86. The third-order valence-corrected chi connectivity index (χ3v) is 5.04.